The van der Waals surface area contributed by atoms with E-state index in [0.29, 0.717) is 5.56 Å². The lowest BCUT2D eigenvalue weighted by molar-refractivity contribution is 0.0940. The van der Waals surface area contributed by atoms with E-state index in [4.69, 9.17) is 4.98 Å². The molecule has 2 heterocycles. The van der Waals surface area contributed by atoms with E-state index in [2.05, 4.69) is 29.5 Å². The van der Waals surface area contributed by atoms with Crippen LogP contribution in [-0.2, 0) is 12.5 Å². The molecule has 1 aromatic carbocycles. The third kappa shape index (κ3) is 2.87. The fourth-order valence-corrected chi connectivity index (χ4v) is 3.35. The molecule has 134 valence electrons. The summed E-state index contributed by atoms with van der Waals surface area (Å²) in [6, 6.07) is 9.79. The third-order valence-electron chi connectivity index (χ3n) is 5.66. The van der Waals surface area contributed by atoms with Gasteiger partial charge in [0.2, 0.25) is 0 Å². The van der Waals surface area contributed by atoms with Crippen LogP contribution in [0.4, 0.5) is 0 Å². The molecule has 5 nitrogen and oxygen atoms in total. The van der Waals surface area contributed by atoms with Gasteiger partial charge in [-0.05, 0) is 51.0 Å². The Balaban J connectivity index is 1.56. The van der Waals surface area contributed by atoms with Crippen molar-refractivity contribution in [2.24, 2.45) is 7.05 Å². The van der Waals surface area contributed by atoms with Gasteiger partial charge in [-0.25, -0.2) is 0 Å². The van der Waals surface area contributed by atoms with Gasteiger partial charge in [-0.15, -0.1) is 0 Å². The largest absolute Gasteiger partial charge is 0.345 e. The quantitative estimate of drug-likeness (QED) is 0.780. The number of amides is 1. The maximum atomic E-state index is 12.7. The van der Waals surface area contributed by atoms with Gasteiger partial charge in [0, 0.05) is 40.4 Å². The number of aromatic nitrogens is 3. The number of pyridine rings is 1. The maximum Gasteiger partial charge on any atom is 0.251 e. The first kappa shape index (κ1) is 16.8. The molecule has 1 atom stereocenters. The zero-order valence-corrected chi connectivity index (χ0v) is 15.7. The van der Waals surface area contributed by atoms with Crippen molar-refractivity contribution in [3.05, 3.63) is 59.0 Å². The highest BCUT2D eigenvalue weighted by atomic mass is 16.1. The topological polar surface area (TPSA) is 59.8 Å². The number of nitrogens with zero attached hydrogens (tertiary/aromatic N) is 3. The molecule has 1 amide bonds. The smallest absolute Gasteiger partial charge is 0.251 e. The molecule has 5 heteroatoms. The summed E-state index contributed by atoms with van der Waals surface area (Å²) in [6.45, 7) is 6.24. The molecule has 2 aromatic heterocycles. The predicted molar refractivity (Wildman–Crippen MR) is 102 cm³/mol. The molecule has 1 fully saturated rings. The second-order valence-electron chi connectivity index (χ2n) is 7.67. The lowest BCUT2D eigenvalue weighted by Gasteiger charge is -2.14. The summed E-state index contributed by atoms with van der Waals surface area (Å²) in [5.41, 5.74) is 5.10. The minimum absolute atomic E-state index is 0.0825. The summed E-state index contributed by atoms with van der Waals surface area (Å²) in [5, 5.41) is 8.31. The first-order valence-electron chi connectivity index (χ1n) is 9.08. The van der Waals surface area contributed by atoms with Crippen LogP contribution in [0.3, 0.4) is 0 Å². The average molecular weight is 348 g/mol. The van der Waals surface area contributed by atoms with Crippen molar-refractivity contribution < 1.29 is 4.79 Å². The zero-order valence-electron chi connectivity index (χ0n) is 15.7. The number of carbonyl (C=O) groups excluding carboxylic acids is 1. The third-order valence-corrected chi connectivity index (χ3v) is 5.66. The van der Waals surface area contributed by atoms with Gasteiger partial charge >= 0.3 is 0 Å². The number of hydrogen-bond acceptors (Lipinski definition) is 3. The Morgan fingerprint density at radius 3 is 2.69 bits per heavy atom. The van der Waals surface area contributed by atoms with Crippen molar-refractivity contribution >= 4 is 16.8 Å². The summed E-state index contributed by atoms with van der Waals surface area (Å²) >= 11 is 0. The average Bonchev–Trinajstić information content (AvgIpc) is 3.30. The van der Waals surface area contributed by atoms with Crippen molar-refractivity contribution in [1.29, 1.82) is 0 Å². The molecular formula is C21H24N4O. The molecular weight excluding hydrogens is 324 g/mol. The molecule has 1 aliphatic carbocycles. The molecule has 0 bridgehead atoms. The van der Waals surface area contributed by atoms with Crippen LogP contribution in [-0.4, -0.2) is 20.7 Å². The number of aryl methyl sites for hydroxylation is 1. The fourth-order valence-electron chi connectivity index (χ4n) is 3.35. The summed E-state index contributed by atoms with van der Waals surface area (Å²) in [4.78, 5) is 17.5. The second-order valence-corrected chi connectivity index (χ2v) is 7.67. The van der Waals surface area contributed by atoms with E-state index in [0.717, 1.165) is 27.9 Å². The van der Waals surface area contributed by atoms with Gasteiger partial charge in [0.15, 0.2) is 0 Å². The summed E-state index contributed by atoms with van der Waals surface area (Å²) in [7, 11) is 1.90. The Labute approximate surface area is 153 Å². The zero-order chi connectivity index (χ0) is 18.5. The van der Waals surface area contributed by atoms with E-state index in [-0.39, 0.29) is 17.4 Å². The number of fused-ring (bicyclic) bond motifs is 1. The molecule has 0 spiro atoms. The molecule has 4 rings (SSSR count). The predicted octanol–water partition coefficient (Wildman–Crippen LogP) is 3.82. The van der Waals surface area contributed by atoms with Crippen LogP contribution >= 0.6 is 0 Å². The number of benzene rings is 1. The van der Waals surface area contributed by atoms with Gasteiger partial charge in [-0.3, -0.25) is 14.5 Å². The molecule has 1 aliphatic rings. The molecule has 0 saturated heterocycles. The standard InChI is InChI=1S/C21H24N4O/c1-13(17-12-22-25(4)14(17)2)23-20(26)16-5-7-18-15(11-16)6-8-19(24-18)21(3)9-10-21/h5-8,11-13H,9-10H2,1-4H3,(H,23,26). The molecule has 1 saturated carbocycles. The molecule has 1 unspecified atom stereocenters. The van der Waals surface area contributed by atoms with Gasteiger partial charge in [-0.1, -0.05) is 13.0 Å². The first-order valence-corrected chi connectivity index (χ1v) is 9.08. The first-order chi connectivity index (χ1) is 12.4. The van der Waals surface area contributed by atoms with Crippen molar-refractivity contribution in [2.45, 2.75) is 45.1 Å². The minimum Gasteiger partial charge on any atom is -0.345 e. The summed E-state index contributed by atoms with van der Waals surface area (Å²) in [6.07, 6.45) is 4.22. The van der Waals surface area contributed by atoms with E-state index in [1.165, 1.54) is 12.8 Å². The van der Waals surface area contributed by atoms with Crippen LogP contribution < -0.4 is 5.32 Å². The molecule has 3 aromatic rings. The fraction of sp³-hybridized carbons (Fsp3) is 0.381. The second kappa shape index (κ2) is 5.94. The Morgan fingerprint density at radius 2 is 2.04 bits per heavy atom. The Morgan fingerprint density at radius 1 is 1.27 bits per heavy atom. The Kier molecular flexibility index (Phi) is 3.83. The highest BCUT2D eigenvalue weighted by molar-refractivity contribution is 5.98. The number of nitrogens with one attached hydrogen (secondary N) is 1. The Bertz CT molecular complexity index is 1000. The molecule has 26 heavy (non-hydrogen) atoms. The summed E-state index contributed by atoms with van der Waals surface area (Å²) in [5.74, 6) is -0.0825. The van der Waals surface area contributed by atoms with Crippen molar-refractivity contribution in [2.75, 3.05) is 0 Å². The van der Waals surface area contributed by atoms with Crippen molar-refractivity contribution in [3.63, 3.8) is 0 Å². The van der Waals surface area contributed by atoms with Crippen molar-refractivity contribution in [1.82, 2.24) is 20.1 Å². The van der Waals surface area contributed by atoms with Crippen LogP contribution in [0.1, 0.15) is 60.0 Å². The van der Waals surface area contributed by atoms with Crippen LogP contribution in [0.2, 0.25) is 0 Å². The lowest BCUT2D eigenvalue weighted by atomic mass is 10.0. The van der Waals surface area contributed by atoms with Crippen LogP contribution in [0.25, 0.3) is 10.9 Å². The monoisotopic (exact) mass is 348 g/mol. The SMILES string of the molecule is Cc1c(C(C)NC(=O)c2ccc3nc(C4(C)CC4)ccc3c2)cnn1C. The van der Waals surface area contributed by atoms with Crippen LogP contribution in [0, 0.1) is 6.92 Å². The maximum absolute atomic E-state index is 12.7. The van der Waals surface area contributed by atoms with Crippen LogP contribution in [0.5, 0.6) is 0 Å². The van der Waals surface area contributed by atoms with Gasteiger partial charge in [0.1, 0.15) is 0 Å². The minimum atomic E-state index is -0.0952. The van der Waals surface area contributed by atoms with Gasteiger partial charge in [0.25, 0.3) is 5.91 Å². The van der Waals surface area contributed by atoms with Gasteiger partial charge < -0.3 is 5.32 Å². The van der Waals surface area contributed by atoms with E-state index in [9.17, 15) is 4.79 Å². The lowest BCUT2D eigenvalue weighted by Crippen LogP contribution is -2.26. The highest BCUT2D eigenvalue weighted by Crippen LogP contribution is 2.46. The van der Waals surface area contributed by atoms with E-state index < -0.39 is 0 Å². The van der Waals surface area contributed by atoms with E-state index in [1.54, 1.807) is 0 Å². The molecule has 1 N–H and O–H groups in total. The Hall–Kier alpha value is -2.69. The van der Waals surface area contributed by atoms with E-state index >= 15 is 0 Å². The number of carbonyl (C=O) groups is 1. The molecule has 0 radical (unpaired) electrons. The number of rotatable bonds is 4. The number of hydrogen-bond donors (Lipinski definition) is 1. The highest BCUT2D eigenvalue weighted by Gasteiger charge is 2.40. The normalized spacial score (nSPS) is 16.5. The van der Waals surface area contributed by atoms with E-state index in [1.807, 2.05) is 50.0 Å². The summed E-state index contributed by atoms with van der Waals surface area (Å²) < 4.78 is 1.82. The van der Waals surface area contributed by atoms with Gasteiger partial charge in [0.05, 0.1) is 17.8 Å². The van der Waals surface area contributed by atoms with Crippen molar-refractivity contribution in [3.8, 4) is 0 Å². The van der Waals surface area contributed by atoms with Gasteiger partial charge in [-0.2, -0.15) is 5.10 Å². The molecule has 0 aliphatic heterocycles. The van der Waals surface area contributed by atoms with Crippen LogP contribution in [0.15, 0.2) is 36.5 Å².